The van der Waals surface area contributed by atoms with E-state index >= 15 is 0 Å². The molecule has 3 rings (SSSR count). The van der Waals surface area contributed by atoms with Crippen molar-refractivity contribution in [2.75, 3.05) is 18.0 Å². The molecule has 0 aliphatic carbocycles. The summed E-state index contributed by atoms with van der Waals surface area (Å²) in [6.07, 6.45) is 1.73. The maximum atomic E-state index is 12.1. The van der Waals surface area contributed by atoms with Gasteiger partial charge >= 0.3 is 5.97 Å². The molecule has 0 saturated heterocycles. The Morgan fingerprint density at radius 2 is 1.68 bits per heavy atom. The fourth-order valence-electron chi connectivity index (χ4n) is 2.65. The number of halogens is 1. The molecule has 0 bridgehead atoms. The summed E-state index contributed by atoms with van der Waals surface area (Å²) in [5.41, 5.74) is 3.08. The molecule has 0 N–H and O–H groups in total. The molecule has 4 nitrogen and oxygen atoms in total. The van der Waals surface area contributed by atoms with Crippen molar-refractivity contribution in [3.05, 3.63) is 70.4 Å². The SMILES string of the molecule is CCN(CC)c1ccc(/C=C2\N=C(c3ccc(Cl)cc3)OC2=O)cc1. The van der Waals surface area contributed by atoms with Crippen LogP contribution in [0.15, 0.2) is 59.2 Å². The number of ether oxygens (including phenoxy) is 1. The standard InChI is InChI=1S/C20H19ClN2O2/c1-3-23(4-2)17-11-5-14(6-12-17)13-18-20(24)25-19(22-18)15-7-9-16(21)10-8-15/h5-13H,3-4H2,1-2H3/b18-13-. The number of carbonyl (C=O) groups excluding carboxylic acids is 1. The summed E-state index contributed by atoms with van der Waals surface area (Å²) in [7, 11) is 0. The quantitative estimate of drug-likeness (QED) is 0.585. The Hall–Kier alpha value is -2.59. The molecule has 25 heavy (non-hydrogen) atoms. The van der Waals surface area contributed by atoms with Gasteiger partial charge in [-0.2, -0.15) is 0 Å². The summed E-state index contributed by atoms with van der Waals surface area (Å²) in [5.74, 6) is -0.148. The molecule has 0 saturated carbocycles. The Morgan fingerprint density at radius 3 is 2.28 bits per heavy atom. The zero-order chi connectivity index (χ0) is 17.8. The first-order valence-corrected chi connectivity index (χ1v) is 8.62. The molecule has 128 valence electrons. The first-order chi connectivity index (χ1) is 12.1. The summed E-state index contributed by atoms with van der Waals surface area (Å²) in [4.78, 5) is 18.6. The van der Waals surface area contributed by atoms with Gasteiger partial charge in [0.15, 0.2) is 5.70 Å². The summed E-state index contributed by atoms with van der Waals surface area (Å²) >= 11 is 5.88. The molecule has 2 aromatic rings. The van der Waals surface area contributed by atoms with Crippen LogP contribution >= 0.6 is 11.6 Å². The van der Waals surface area contributed by atoms with Crippen molar-refractivity contribution in [1.82, 2.24) is 0 Å². The van der Waals surface area contributed by atoms with E-state index in [-0.39, 0.29) is 0 Å². The largest absolute Gasteiger partial charge is 0.402 e. The van der Waals surface area contributed by atoms with Crippen LogP contribution in [0.25, 0.3) is 6.08 Å². The molecule has 0 amide bonds. The number of rotatable bonds is 5. The minimum absolute atomic E-state index is 0.292. The molecule has 0 spiro atoms. The van der Waals surface area contributed by atoms with E-state index in [4.69, 9.17) is 16.3 Å². The number of nitrogens with zero attached hydrogens (tertiary/aromatic N) is 2. The van der Waals surface area contributed by atoms with E-state index in [0.29, 0.717) is 16.6 Å². The third-order valence-corrected chi connectivity index (χ3v) is 4.29. The monoisotopic (exact) mass is 354 g/mol. The molecular weight excluding hydrogens is 336 g/mol. The average molecular weight is 355 g/mol. The lowest BCUT2D eigenvalue weighted by atomic mass is 10.1. The van der Waals surface area contributed by atoms with E-state index in [1.165, 1.54) is 0 Å². The number of anilines is 1. The summed E-state index contributed by atoms with van der Waals surface area (Å²) in [6.45, 7) is 6.16. The van der Waals surface area contributed by atoms with Crippen molar-refractivity contribution in [3.63, 3.8) is 0 Å². The fourth-order valence-corrected chi connectivity index (χ4v) is 2.78. The van der Waals surface area contributed by atoms with E-state index in [1.807, 2.05) is 24.3 Å². The van der Waals surface area contributed by atoms with E-state index in [1.54, 1.807) is 30.3 Å². The molecule has 0 unspecified atom stereocenters. The van der Waals surface area contributed by atoms with Gasteiger partial charge in [0.1, 0.15) is 0 Å². The number of carbonyl (C=O) groups is 1. The van der Waals surface area contributed by atoms with Crippen LogP contribution in [0.2, 0.25) is 5.02 Å². The second kappa shape index (κ2) is 7.53. The highest BCUT2D eigenvalue weighted by atomic mass is 35.5. The summed E-state index contributed by atoms with van der Waals surface area (Å²) in [6, 6.07) is 15.1. The predicted octanol–water partition coefficient (Wildman–Crippen LogP) is 4.53. The first kappa shape index (κ1) is 17.2. The van der Waals surface area contributed by atoms with Crippen LogP contribution in [0.4, 0.5) is 5.69 Å². The molecule has 5 heteroatoms. The highest BCUT2D eigenvalue weighted by Gasteiger charge is 2.24. The highest BCUT2D eigenvalue weighted by molar-refractivity contribution is 6.30. The van der Waals surface area contributed by atoms with E-state index < -0.39 is 5.97 Å². The lowest BCUT2D eigenvalue weighted by Gasteiger charge is -2.20. The highest BCUT2D eigenvalue weighted by Crippen LogP contribution is 2.22. The second-order valence-corrected chi connectivity index (χ2v) is 6.04. The number of cyclic esters (lactones) is 1. The van der Waals surface area contributed by atoms with Crippen molar-refractivity contribution in [2.24, 2.45) is 4.99 Å². The third kappa shape index (κ3) is 3.91. The maximum Gasteiger partial charge on any atom is 0.363 e. The zero-order valence-electron chi connectivity index (χ0n) is 14.2. The van der Waals surface area contributed by atoms with Crippen LogP contribution in [0.5, 0.6) is 0 Å². The Labute approximate surface area is 152 Å². The van der Waals surface area contributed by atoms with E-state index in [9.17, 15) is 4.79 Å². The van der Waals surface area contributed by atoms with Gasteiger partial charge in [0.05, 0.1) is 0 Å². The van der Waals surface area contributed by atoms with Gasteiger partial charge in [0.2, 0.25) is 5.90 Å². The van der Waals surface area contributed by atoms with Crippen molar-refractivity contribution in [3.8, 4) is 0 Å². The van der Waals surface area contributed by atoms with Crippen molar-refractivity contribution in [2.45, 2.75) is 13.8 Å². The third-order valence-electron chi connectivity index (χ3n) is 4.04. The van der Waals surface area contributed by atoms with Crippen LogP contribution in [-0.4, -0.2) is 25.0 Å². The number of benzene rings is 2. The first-order valence-electron chi connectivity index (χ1n) is 8.24. The fraction of sp³-hybridized carbons (Fsp3) is 0.200. The number of esters is 1. The normalized spacial score (nSPS) is 15.2. The van der Waals surface area contributed by atoms with Crippen LogP contribution in [0.1, 0.15) is 25.0 Å². The Bertz CT molecular complexity index is 820. The van der Waals surface area contributed by atoms with Crippen LogP contribution in [0, 0.1) is 0 Å². The maximum absolute atomic E-state index is 12.1. The minimum Gasteiger partial charge on any atom is -0.402 e. The van der Waals surface area contributed by atoms with E-state index in [0.717, 1.165) is 29.9 Å². The van der Waals surface area contributed by atoms with Gasteiger partial charge in [-0.1, -0.05) is 23.7 Å². The van der Waals surface area contributed by atoms with Gasteiger partial charge in [0.25, 0.3) is 0 Å². The Kier molecular flexibility index (Phi) is 5.19. The van der Waals surface area contributed by atoms with Gasteiger partial charge < -0.3 is 9.64 Å². The number of hydrogen-bond acceptors (Lipinski definition) is 4. The van der Waals surface area contributed by atoms with Crippen molar-refractivity contribution in [1.29, 1.82) is 0 Å². The summed E-state index contributed by atoms with van der Waals surface area (Å²) in [5, 5.41) is 0.623. The minimum atomic E-state index is -0.447. The van der Waals surface area contributed by atoms with Gasteiger partial charge in [-0.15, -0.1) is 0 Å². The van der Waals surface area contributed by atoms with Crippen LogP contribution in [0.3, 0.4) is 0 Å². The van der Waals surface area contributed by atoms with E-state index in [2.05, 4.69) is 23.7 Å². The lowest BCUT2D eigenvalue weighted by molar-refractivity contribution is -0.129. The average Bonchev–Trinajstić information content (AvgIpc) is 2.99. The number of hydrogen-bond donors (Lipinski definition) is 0. The summed E-state index contributed by atoms with van der Waals surface area (Å²) < 4.78 is 5.26. The molecule has 0 aromatic heterocycles. The number of aliphatic imine (C=N–C) groups is 1. The van der Waals surface area contributed by atoms with Gasteiger partial charge in [-0.05, 0) is 61.9 Å². The topological polar surface area (TPSA) is 41.9 Å². The van der Waals surface area contributed by atoms with Crippen LogP contribution < -0.4 is 4.90 Å². The molecule has 0 fully saturated rings. The lowest BCUT2D eigenvalue weighted by Crippen LogP contribution is -2.21. The molecular formula is C20H19ClN2O2. The molecule has 1 aliphatic heterocycles. The predicted molar refractivity (Wildman–Crippen MR) is 102 cm³/mol. The van der Waals surface area contributed by atoms with Crippen molar-refractivity contribution < 1.29 is 9.53 Å². The molecule has 1 heterocycles. The molecule has 1 aliphatic rings. The Balaban J connectivity index is 1.83. The second-order valence-electron chi connectivity index (χ2n) is 5.61. The van der Waals surface area contributed by atoms with Gasteiger partial charge in [0, 0.05) is 29.4 Å². The van der Waals surface area contributed by atoms with Crippen LogP contribution in [-0.2, 0) is 9.53 Å². The van der Waals surface area contributed by atoms with Gasteiger partial charge in [-0.25, -0.2) is 9.79 Å². The van der Waals surface area contributed by atoms with Crippen molar-refractivity contribution >= 4 is 35.2 Å². The Morgan fingerprint density at radius 1 is 1.04 bits per heavy atom. The smallest absolute Gasteiger partial charge is 0.363 e. The molecule has 2 aromatic carbocycles. The zero-order valence-corrected chi connectivity index (χ0v) is 15.0. The molecule has 0 radical (unpaired) electrons. The van der Waals surface area contributed by atoms with Gasteiger partial charge in [-0.3, -0.25) is 0 Å². The molecule has 0 atom stereocenters.